The second-order valence-corrected chi connectivity index (χ2v) is 5.63. The third-order valence-electron chi connectivity index (χ3n) is 3.86. The van der Waals surface area contributed by atoms with Gasteiger partial charge in [-0.2, -0.15) is 0 Å². The molecule has 2 nitrogen and oxygen atoms in total. The maximum atomic E-state index is 5.89. The monoisotopic (exact) mass is 268 g/mol. The topological polar surface area (TPSA) is 25.8 Å². The van der Waals surface area contributed by atoms with Gasteiger partial charge in [0.1, 0.15) is 0 Å². The highest BCUT2D eigenvalue weighted by Crippen LogP contribution is 2.32. The number of nitrogens with zero attached hydrogens (tertiary/aromatic N) is 2. The maximum absolute atomic E-state index is 5.89. The van der Waals surface area contributed by atoms with Crippen molar-refractivity contribution in [3.8, 4) is 0 Å². The summed E-state index contributed by atoms with van der Waals surface area (Å²) in [7, 11) is 0. The predicted octanol–water partition coefficient (Wildman–Crippen LogP) is 5.16. The molecule has 0 aliphatic carbocycles. The molecule has 0 spiro atoms. The molecule has 0 saturated heterocycles. The second-order valence-electron chi connectivity index (χ2n) is 5.29. The van der Waals surface area contributed by atoms with Gasteiger partial charge in [0.15, 0.2) is 0 Å². The first-order chi connectivity index (χ1) is 8.62. The number of aromatic nitrogens is 2. The van der Waals surface area contributed by atoms with Gasteiger partial charge in [0, 0.05) is 11.6 Å². The summed E-state index contributed by atoms with van der Waals surface area (Å²) in [6.07, 6.45) is 10.6. The highest BCUT2D eigenvalue weighted by Gasteiger charge is 2.25. The molecule has 1 aromatic rings. The Hall–Kier alpha value is -0.630. The Bertz CT molecular complexity index is 354. The fraction of sp³-hybridized carbons (Fsp3) is 0.733. The smallest absolute Gasteiger partial charge is 0.222 e. The summed E-state index contributed by atoms with van der Waals surface area (Å²) in [5, 5.41) is 0.359. The van der Waals surface area contributed by atoms with Crippen molar-refractivity contribution in [2.45, 2.75) is 71.1 Å². The van der Waals surface area contributed by atoms with Gasteiger partial charge in [0.05, 0.1) is 5.69 Å². The first-order valence-corrected chi connectivity index (χ1v) is 7.49. The van der Waals surface area contributed by atoms with Crippen molar-refractivity contribution in [3.63, 3.8) is 0 Å². The summed E-state index contributed by atoms with van der Waals surface area (Å²) in [4.78, 5) is 8.35. The van der Waals surface area contributed by atoms with Crippen LogP contribution in [0.2, 0.25) is 5.28 Å². The van der Waals surface area contributed by atoms with Crippen molar-refractivity contribution in [1.29, 1.82) is 0 Å². The molecule has 0 amide bonds. The minimum atomic E-state index is 0.138. The molecule has 18 heavy (non-hydrogen) atoms. The van der Waals surface area contributed by atoms with Crippen LogP contribution in [0.4, 0.5) is 0 Å². The van der Waals surface area contributed by atoms with E-state index in [2.05, 4.69) is 30.7 Å². The third kappa shape index (κ3) is 4.56. The Kier molecular flexibility index (Phi) is 6.62. The minimum absolute atomic E-state index is 0.138. The molecule has 0 aliphatic heterocycles. The van der Waals surface area contributed by atoms with Gasteiger partial charge in [-0.3, -0.25) is 0 Å². The molecule has 1 rings (SSSR count). The van der Waals surface area contributed by atoms with E-state index in [4.69, 9.17) is 11.6 Å². The van der Waals surface area contributed by atoms with Crippen molar-refractivity contribution < 1.29 is 0 Å². The van der Waals surface area contributed by atoms with Crippen molar-refractivity contribution >= 4 is 11.6 Å². The van der Waals surface area contributed by atoms with E-state index in [0.29, 0.717) is 5.28 Å². The normalized spacial score (nSPS) is 14.4. The van der Waals surface area contributed by atoms with E-state index in [1.54, 1.807) is 6.20 Å². The van der Waals surface area contributed by atoms with E-state index >= 15 is 0 Å². The number of unbranched alkanes of at least 4 members (excludes halogenated alkanes) is 4. The SMILES string of the molecule is CCCCCCCC(C)(CC)c1ccnc(Cl)n1. The van der Waals surface area contributed by atoms with Crippen LogP contribution in [0.5, 0.6) is 0 Å². The number of hydrogen-bond acceptors (Lipinski definition) is 2. The van der Waals surface area contributed by atoms with Crippen molar-refractivity contribution in [2.75, 3.05) is 0 Å². The van der Waals surface area contributed by atoms with Gasteiger partial charge in [0.2, 0.25) is 5.28 Å². The van der Waals surface area contributed by atoms with Gasteiger partial charge in [0.25, 0.3) is 0 Å². The van der Waals surface area contributed by atoms with Crippen LogP contribution in [0.3, 0.4) is 0 Å². The zero-order valence-electron chi connectivity index (χ0n) is 11.9. The predicted molar refractivity (Wildman–Crippen MR) is 78.1 cm³/mol. The van der Waals surface area contributed by atoms with Gasteiger partial charge in [-0.05, 0) is 30.5 Å². The number of hydrogen-bond donors (Lipinski definition) is 0. The lowest BCUT2D eigenvalue weighted by molar-refractivity contribution is 0.384. The quantitative estimate of drug-likeness (QED) is 0.481. The average molecular weight is 269 g/mol. The number of halogens is 1. The van der Waals surface area contributed by atoms with Crippen LogP contribution in [0.15, 0.2) is 12.3 Å². The summed E-state index contributed by atoms with van der Waals surface area (Å²) >= 11 is 5.89. The largest absolute Gasteiger partial charge is 0.227 e. The van der Waals surface area contributed by atoms with Gasteiger partial charge < -0.3 is 0 Å². The lowest BCUT2D eigenvalue weighted by Crippen LogP contribution is -2.22. The lowest BCUT2D eigenvalue weighted by atomic mass is 9.79. The van der Waals surface area contributed by atoms with Crippen LogP contribution < -0.4 is 0 Å². The molecule has 3 heteroatoms. The van der Waals surface area contributed by atoms with Crippen LogP contribution in [-0.2, 0) is 5.41 Å². The molecule has 0 radical (unpaired) electrons. The average Bonchev–Trinajstić information content (AvgIpc) is 2.38. The zero-order valence-corrected chi connectivity index (χ0v) is 12.6. The molecule has 102 valence electrons. The lowest BCUT2D eigenvalue weighted by Gasteiger charge is -2.27. The van der Waals surface area contributed by atoms with E-state index in [1.807, 2.05) is 6.07 Å². The van der Waals surface area contributed by atoms with Crippen molar-refractivity contribution in [1.82, 2.24) is 9.97 Å². The zero-order chi connectivity index (χ0) is 13.4. The van der Waals surface area contributed by atoms with E-state index in [0.717, 1.165) is 12.1 Å². The second kappa shape index (κ2) is 7.73. The summed E-state index contributed by atoms with van der Waals surface area (Å²) < 4.78 is 0. The summed E-state index contributed by atoms with van der Waals surface area (Å²) in [6.45, 7) is 6.76. The fourth-order valence-electron chi connectivity index (χ4n) is 2.28. The maximum Gasteiger partial charge on any atom is 0.222 e. The molecular weight excluding hydrogens is 244 g/mol. The van der Waals surface area contributed by atoms with Crippen LogP contribution in [0, 0.1) is 0 Å². The molecule has 1 aromatic heterocycles. The Labute approximate surface area is 116 Å². The van der Waals surface area contributed by atoms with Crippen LogP contribution >= 0.6 is 11.6 Å². The molecule has 0 aromatic carbocycles. The highest BCUT2D eigenvalue weighted by atomic mass is 35.5. The molecule has 0 bridgehead atoms. The minimum Gasteiger partial charge on any atom is -0.227 e. The van der Waals surface area contributed by atoms with Crippen LogP contribution in [0.25, 0.3) is 0 Å². The Morgan fingerprint density at radius 3 is 2.50 bits per heavy atom. The molecule has 0 saturated carbocycles. The van der Waals surface area contributed by atoms with Crippen molar-refractivity contribution in [2.24, 2.45) is 0 Å². The van der Waals surface area contributed by atoms with Gasteiger partial charge >= 0.3 is 0 Å². The standard InChI is InChI=1S/C15H25ClN2/c1-4-6-7-8-9-11-15(3,5-2)13-10-12-17-14(16)18-13/h10,12H,4-9,11H2,1-3H3. The fourth-order valence-corrected chi connectivity index (χ4v) is 2.42. The van der Waals surface area contributed by atoms with E-state index in [-0.39, 0.29) is 5.41 Å². The van der Waals surface area contributed by atoms with E-state index in [9.17, 15) is 0 Å². The van der Waals surface area contributed by atoms with E-state index < -0.39 is 0 Å². The van der Waals surface area contributed by atoms with Crippen LogP contribution in [-0.4, -0.2) is 9.97 Å². The van der Waals surface area contributed by atoms with E-state index in [1.165, 1.54) is 38.5 Å². The Morgan fingerprint density at radius 2 is 1.89 bits per heavy atom. The highest BCUT2D eigenvalue weighted by molar-refractivity contribution is 6.28. The number of rotatable bonds is 8. The Morgan fingerprint density at radius 1 is 1.17 bits per heavy atom. The van der Waals surface area contributed by atoms with Gasteiger partial charge in [-0.25, -0.2) is 9.97 Å². The van der Waals surface area contributed by atoms with Crippen LogP contribution in [0.1, 0.15) is 71.4 Å². The molecule has 1 heterocycles. The molecule has 0 N–H and O–H groups in total. The molecule has 0 aliphatic rings. The van der Waals surface area contributed by atoms with Crippen molar-refractivity contribution in [3.05, 3.63) is 23.2 Å². The summed E-state index contributed by atoms with van der Waals surface area (Å²) in [6, 6.07) is 2.00. The molecular formula is C15H25ClN2. The van der Waals surface area contributed by atoms with Gasteiger partial charge in [-0.1, -0.05) is 52.9 Å². The molecule has 1 atom stereocenters. The summed E-state index contributed by atoms with van der Waals surface area (Å²) in [5.41, 5.74) is 1.22. The first kappa shape index (κ1) is 15.4. The summed E-state index contributed by atoms with van der Waals surface area (Å²) in [5.74, 6) is 0. The molecule has 1 unspecified atom stereocenters. The van der Waals surface area contributed by atoms with Gasteiger partial charge in [-0.15, -0.1) is 0 Å². The molecule has 0 fully saturated rings. The Balaban J connectivity index is 2.56. The third-order valence-corrected chi connectivity index (χ3v) is 4.04. The first-order valence-electron chi connectivity index (χ1n) is 7.11.